The number of sulfonamides is 1. The van der Waals surface area contributed by atoms with Gasteiger partial charge < -0.3 is 60.6 Å². The number of ether oxygens (including phenoxy) is 2. The minimum absolute atomic E-state index is 0. The normalized spacial score (nSPS) is 14.7. The van der Waals surface area contributed by atoms with Crippen molar-refractivity contribution in [3.05, 3.63) is 179 Å². The smallest absolute Gasteiger partial charge is 0.407 e. The van der Waals surface area contributed by atoms with Crippen LogP contribution in [0.15, 0.2) is 140 Å². The molecular weight excluding hydrogens is 1870 g/mol. The van der Waals surface area contributed by atoms with Gasteiger partial charge >= 0.3 is 6.09 Å². The van der Waals surface area contributed by atoms with Crippen LogP contribution in [-0.4, -0.2) is 230 Å². The summed E-state index contributed by atoms with van der Waals surface area (Å²) in [6.45, 7) is 34.5. The third-order valence-electron chi connectivity index (χ3n) is 25.1. The van der Waals surface area contributed by atoms with Crippen LogP contribution in [-0.2, 0) is 94.4 Å². The molecule has 0 spiro atoms. The van der Waals surface area contributed by atoms with E-state index in [-0.39, 0.29) is 144 Å². The zero-order chi connectivity index (χ0) is 101. The van der Waals surface area contributed by atoms with Crippen molar-refractivity contribution >= 4 is 69.3 Å². The SMILES string of the molecule is C.C.C.C.C.C.C.C.C.CCCN(C(=O)CC(C)(C)C(=O)NCC1CC1)C1CC1.CCCN(C(=O)CC1(C(=O)N(C)C)CCC1)C1CC1.CCCNS(=O)(=O)Cc1ccccc1.CCCOCc1cccc(C#N)c1.CCN(C(=O)CC(C)(C)C(N)=O)C1CC1.CCN(C(=O)Cc1ccc(F)cc1)C1CC1.CCN(C(=O)Cc1ccccc1)C1CC1.CCN(CC(=O)NC1CC1)C1CC1.CCOC(=O)NCc1ccccc1. The van der Waals surface area contributed by atoms with Crippen molar-refractivity contribution < 1.29 is 70.2 Å². The fourth-order valence-corrected chi connectivity index (χ4v) is 17.0. The molecule has 14 rings (SSSR count). The average Bonchev–Trinajstić information content (AvgIpc) is 1.50. The van der Waals surface area contributed by atoms with E-state index in [4.69, 9.17) is 20.5 Å². The number of likely N-dealkylation sites (N-methyl/N-ethyl adjacent to an activating group) is 3. The molecule has 5 aromatic carbocycles. The topological polar surface area (TPSA) is 344 Å². The van der Waals surface area contributed by atoms with Gasteiger partial charge in [0.25, 0.3) is 0 Å². The van der Waals surface area contributed by atoms with Gasteiger partial charge in [-0.05, 0) is 233 Å². The average molecular weight is 2080 g/mol. The Morgan fingerprint density at radius 1 is 0.483 bits per heavy atom. The minimum atomic E-state index is -3.15. The lowest BCUT2D eigenvalue weighted by atomic mass is 9.65. The molecule has 9 saturated carbocycles. The number of nitrogens with one attached hydrogen (secondary N) is 4. The van der Waals surface area contributed by atoms with E-state index in [1.165, 1.54) is 63.5 Å². The quantitative estimate of drug-likeness (QED) is 0.0226. The van der Waals surface area contributed by atoms with Gasteiger partial charge in [-0.1, -0.05) is 251 Å². The van der Waals surface area contributed by atoms with Gasteiger partial charge in [-0.3, -0.25) is 48.1 Å². The third kappa shape index (κ3) is 56.9. The summed E-state index contributed by atoms with van der Waals surface area (Å²) in [5, 5.41) is 17.3. The van der Waals surface area contributed by atoms with E-state index in [1.54, 1.807) is 58.0 Å². The Morgan fingerprint density at radius 2 is 0.912 bits per heavy atom. The summed E-state index contributed by atoms with van der Waals surface area (Å²) in [6.07, 6.45) is 26.9. The lowest BCUT2D eigenvalue weighted by Crippen LogP contribution is -2.49. The summed E-state index contributed by atoms with van der Waals surface area (Å²) in [4.78, 5) is 132. The van der Waals surface area contributed by atoms with Crippen LogP contribution in [0, 0.1) is 39.3 Å². The van der Waals surface area contributed by atoms with Crippen LogP contribution in [0.4, 0.5) is 9.18 Å². The standard InChI is InChI=1S/C16H28N2O2.C15H26N2O2.C13H16FNO.C13H17NO.C11H20N2O2.C11H13NO.C10H18N2O.C10H15NO2S.C10H13NO2.9CH4/c1-4-9-18(13-7-8-13)14(19)10-16(2,3)15(20)17-11-12-5-6-12;1-4-10-17(12-6-7-12)13(18)11-15(8-5-9-15)14(19)16(2)3;1-2-15(12-7-8-12)13(16)9-10-3-5-11(14)6-4-10;1-2-14(12-8-9-12)13(15)10-11-6-4-3-5-7-11;1-4-13(8-5-6-8)9(14)7-11(2,3)10(12)15;1-2-6-13-9-11-5-3-4-10(7-11)8-12;1-2-12(9-5-6-9)7-10(13)11-8-3-4-8;1-2-8-11-14(12,13)9-10-6-4-3-5-7-10;1-2-13-10(12)11-8-9-6-4-3-5-7-9;;;;;;;;;/h12-13H,4-11H2,1-3H3,(H,17,20);12H,4-11H2,1-3H3;3-6,12H,2,7-9H2,1H3;3-7,12H,2,8-10H2,1H3;8H,4-7H2,1-3H3,(H2,12,15);3-5,7H,2,6,9H2,1H3;8-9H,2-7H2,1H3,(H,11,13);3-7,11H,2,8-9H2,1H3;3-7H,2,8H2,1H3,(H,11,12);9*1H4. The number of rotatable bonds is 44. The van der Waals surface area contributed by atoms with Gasteiger partial charge in [0.15, 0.2) is 0 Å². The van der Waals surface area contributed by atoms with Crippen molar-refractivity contribution in [3.8, 4) is 6.07 Å². The maximum absolute atomic E-state index is 12.7. The van der Waals surface area contributed by atoms with Crippen molar-refractivity contribution in [2.75, 3.05) is 86.2 Å². The fourth-order valence-electron chi connectivity index (χ4n) is 15.7. The number of carbonyl (C=O) groups is 10. The van der Waals surface area contributed by atoms with Crippen molar-refractivity contribution in [2.45, 2.75) is 398 Å². The Morgan fingerprint density at radius 3 is 1.31 bits per heavy atom. The van der Waals surface area contributed by atoms with Crippen LogP contribution in [0.25, 0.3) is 0 Å². The van der Waals surface area contributed by atoms with Crippen LogP contribution in [0.1, 0.15) is 357 Å². The molecule has 0 unspecified atom stereocenters. The summed E-state index contributed by atoms with van der Waals surface area (Å²) in [7, 11) is 0.432. The van der Waals surface area contributed by atoms with Crippen LogP contribution in [0.3, 0.4) is 0 Å². The Kier molecular flexibility index (Phi) is 72.7. The number of benzene rings is 5. The molecule has 29 heteroatoms. The number of nitriles is 1. The minimum Gasteiger partial charge on any atom is -0.450 e. The van der Waals surface area contributed by atoms with Gasteiger partial charge in [-0.2, -0.15) is 5.26 Å². The zero-order valence-electron chi connectivity index (χ0n) is 85.8. The number of amides is 10. The molecule has 0 saturated heterocycles. The van der Waals surface area contributed by atoms with E-state index in [0.717, 1.165) is 177 Å². The summed E-state index contributed by atoms with van der Waals surface area (Å²) in [5.74, 6) is 1.24. The number of alkyl carbamates (subject to hydrolysis) is 1. The molecular formula is C118H202FN13O14S. The van der Waals surface area contributed by atoms with E-state index in [2.05, 4.69) is 66.3 Å². The third-order valence-corrected chi connectivity index (χ3v) is 26.5. The predicted octanol–water partition coefficient (Wildman–Crippen LogP) is 22.3. The van der Waals surface area contributed by atoms with Crippen molar-refractivity contribution in [2.24, 2.45) is 27.9 Å². The molecule has 9 aliphatic rings. The predicted molar refractivity (Wildman–Crippen MR) is 604 cm³/mol. The van der Waals surface area contributed by atoms with E-state index in [1.807, 2.05) is 168 Å². The van der Waals surface area contributed by atoms with Crippen LogP contribution in [0.2, 0.25) is 0 Å². The molecule has 0 heterocycles. The van der Waals surface area contributed by atoms with Crippen molar-refractivity contribution in [3.63, 3.8) is 0 Å². The van der Waals surface area contributed by atoms with E-state index in [0.29, 0.717) is 112 Å². The first-order valence-electron chi connectivity index (χ1n) is 51.1. The Labute approximate surface area is 891 Å². The van der Waals surface area contributed by atoms with E-state index in [9.17, 15) is 60.8 Å². The van der Waals surface area contributed by atoms with Crippen molar-refractivity contribution in [1.82, 2.24) is 55.0 Å². The summed E-state index contributed by atoms with van der Waals surface area (Å²) in [6, 6.07) is 48.1. The summed E-state index contributed by atoms with van der Waals surface area (Å²) in [5.41, 5.74) is 9.14. The number of nitrogens with two attached hydrogens (primary N) is 1. The summed E-state index contributed by atoms with van der Waals surface area (Å²) >= 11 is 0. The molecule has 27 nitrogen and oxygen atoms in total. The molecule has 5 aromatic rings. The van der Waals surface area contributed by atoms with Crippen molar-refractivity contribution in [1.29, 1.82) is 5.26 Å². The number of primary amides is 1. The van der Waals surface area contributed by atoms with Crippen LogP contribution < -0.4 is 26.4 Å². The molecule has 0 atom stereocenters. The molecule has 836 valence electrons. The van der Waals surface area contributed by atoms with Gasteiger partial charge in [-0.15, -0.1) is 0 Å². The van der Waals surface area contributed by atoms with Gasteiger partial charge in [-0.25, -0.2) is 22.3 Å². The maximum atomic E-state index is 12.7. The highest BCUT2D eigenvalue weighted by Crippen LogP contribution is 2.46. The highest BCUT2D eigenvalue weighted by atomic mass is 32.2. The number of hydrogen-bond acceptors (Lipinski definition) is 16. The second kappa shape index (κ2) is 74.7. The number of hydrogen-bond donors (Lipinski definition) is 5. The summed E-state index contributed by atoms with van der Waals surface area (Å²) < 4.78 is 48.2. The second-order valence-electron chi connectivity index (χ2n) is 39.2. The Balaban J connectivity index is -0.000000779. The van der Waals surface area contributed by atoms with Gasteiger partial charge in [0.05, 0.1) is 66.2 Å². The fraction of sp³-hybridized carbons (Fsp3) is 0.653. The number of nitrogens with zero attached hydrogens (tertiary/aromatic N) is 8. The lowest BCUT2D eigenvalue weighted by molar-refractivity contribution is -0.152. The first-order chi connectivity index (χ1) is 65.9. The van der Waals surface area contributed by atoms with Gasteiger partial charge in [0.2, 0.25) is 63.2 Å². The zero-order valence-corrected chi connectivity index (χ0v) is 86.6. The van der Waals surface area contributed by atoms with Crippen LogP contribution in [0.5, 0.6) is 0 Å². The first kappa shape index (κ1) is 143. The lowest BCUT2D eigenvalue weighted by Gasteiger charge is -2.42. The monoisotopic (exact) mass is 2080 g/mol. The molecule has 147 heavy (non-hydrogen) atoms. The molecule has 0 bridgehead atoms. The highest BCUT2D eigenvalue weighted by molar-refractivity contribution is 7.88. The molecule has 0 aromatic heterocycles. The number of carbonyl (C=O) groups excluding carboxylic acids is 10. The second-order valence-corrected chi connectivity index (χ2v) is 41.0. The molecule has 10 amide bonds. The molecule has 6 N–H and O–H groups in total. The Bertz CT molecular complexity index is 4660. The van der Waals surface area contributed by atoms with E-state index >= 15 is 0 Å². The molecule has 0 radical (unpaired) electrons. The van der Waals surface area contributed by atoms with E-state index < -0.39 is 26.8 Å². The van der Waals surface area contributed by atoms with Gasteiger partial charge in [0.1, 0.15) is 5.82 Å². The molecule has 0 aliphatic heterocycles. The first-order valence-corrected chi connectivity index (χ1v) is 52.7. The largest absolute Gasteiger partial charge is 0.450 e. The maximum Gasteiger partial charge on any atom is 0.407 e. The van der Waals surface area contributed by atoms with Crippen LogP contribution >= 0.6 is 0 Å². The van der Waals surface area contributed by atoms with Gasteiger partial charge in [0, 0.05) is 135 Å². The highest BCUT2D eigenvalue weighted by Gasteiger charge is 2.49. The molecule has 9 aliphatic carbocycles. The Hall–Kier alpha value is -10.2. The molecule has 9 fully saturated rings. The number of halogens is 1.